The summed E-state index contributed by atoms with van der Waals surface area (Å²) < 4.78 is 5.08. The van der Waals surface area contributed by atoms with Crippen LogP contribution in [0.25, 0.3) is 0 Å². The molecular formula is C12H17ClN2O. The highest BCUT2D eigenvalue weighted by molar-refractivity contribution is 6.29. The lowest BCUT2D eigenvalue weighted by molar-refractivity contribution is 0.181. The van der Waals surface area contributed by atoms with E-state index in [0.29, 0.717) is 17.7 Å². The first kappa shape index (κ1) is 11.8. The third-order valence-electron chi connectivity index (χ3n) is 3.03. The van der Waals surface area contributed by atoms with Crippen molar-refractivity contribution in [1.82, 2.24) is 9.97 Å². The van der Waals surface area contributed by atoms with Gasteiger partial charge in [-0.05, 0) is 18.9 Å². The second-order valence-electron chi connectivity index (χ2n) is 4.31. The third kappa shape index (κ3) is 2.92. The van der Waals surface area contributed by atoms with E-state index in [4.69, 9.17) is 16.3 Å². The molecule has 0 amide bonds. The molecule has 2 rings (SSSR count). The lowest BCUT2D eigenvalue weighted by atomic mass is 9.88. The van der Waals surface area contributed by atoms with E-state index in [1.54, 1.807) is 13.2 Å². The molecule has 1 aliphatic rings. The van der Waals surface area contributed by atoms with Gasteiger partial charge in [-0.1, -0.05) is 30.9 Å². The number of hydrogen-bond acceptors (Lipinski definition) is 3. The summed E-state index contributed by atoms with van der Waals surface area (Å²) in [6.45, 7) is 0.502. The van der Waals surface area contributed by atoms with Crippen molar-refractivity contribution in [2.24, 2.45) is 0 Å². The minimum atomic E-state index is 0.489. The third-order valence-corrected chi connectivity index (χ3v) is 3.22. The molecular weight excluding hydrogens is 224 g/mol. The number of hydrogen-bond donors (Lipinski definition) is 0. The predicted molar refractivity (Wildman–Crippen MR) is 63.6 cm³/mol. The average molecular weight is 241 g/mol. The summed E-state index contributed by atoms with van der Waals surface area (Å²) in [6.07, 6.45) is 6.27. The lowest BCUT2D eigenvalue weighted by Crippen LogP contribution is -2.10. The van der Waals surface area contributed by atoms with Gasteiger partial charge < -0.3 is 4.74 Å². The molecule has 0 bridgehead atoms. The first-order valence-corrected chi connectivity index (χ1v) is 6.19. The highest BCUT2D eigenvalue weighted by Crippen LogP contribution is 2.31. The van der Waals surface area contributed by atoms with Crippen LogP contribution in [0.15, 0.2) is 6.07 Å². The topological polar surface area (TPSA) is 35.0 Å². The number of methoxy groups -OCH3 is 1. The first-order valence-electron chi connectivity index (χ1n) is 5.82. The summed E-state index contributed by atoms with van der Waals surface area (Å²) in [5.74, 6) is 1.39. The molecule has 1 fully saturated rings. The molecule has 1 aliphatic carbocycles. The highest BCUT2D eigenvalue weighted by Gasteiger charge is 2.19. The van der Waals surface area contributed by atoms with Gasteiger partial charge in [0.2, 0.25) is 0 Å². The van der Waals surface area contributed by atoms with Gasteiger partial charge in [-0.3, -0.25) is 0 Å². The zero-order valence-electron chi connectivity index (χ0n) is 9.58. The molecule has 16 heavy (non-hydrogen) atoms. The predicted octanol–water partition coefficient (Wildman–Crippen LogP) is 3.32. The molecule has 0 aliphatic heterocycles. The monoisotopic (exact) mass is 240 g/mol. The molecule has 0 aromatic carbocycles. The number of ether oxygens (including phenoxy) is 1. The van der Waals surface area contributed by atoms with E-state index in [-0.39, 0.29) is 0 Å². The van der Waals surface area contributed by atoms with Crippen LogP contribution in [0.2, 0.25) is 5.15 Å². The standard InChI is InChI=1S/C12H17ClN2O/c1-16-8-10-7-11(13)15-12(14-10)9-5-3-2-4-6-9/h7,9H,2-6,8H2,1H3. The molecule has 3 nitrogen and oxygen atoms in total. The second-order valence-corrected chi connectivity index (χ2v) is 4.70. The van der Waals surface area contributed by atoms with Crippen molar-refractivity contribution >= 4 is 11.6 Å². The van der Waals surface area contributed by atoms with Gasteiger partial charge in [0.25, 0.3) is 0 Å². The summed E-state index contributed by atoms with van der Waals surface area (Å²) in [7, 11) is 1.66. The molecule has 0 unspecified atom stereocenters. The Kier molecular flexibility index (Phi) is 4.13. The summed E-state index contributed by atoms with van der Waals surface area (Å²) in [6, 6.07) is 1.78. The maximum absolute atomic E-state index is 6.00. The first-order chi connectivity index (χ1) is 7.79. The second kappa shape index (κ2) is 5.60. The fourth-order valence-corrected chi connectivity index (χ4v) is 2.46. The summed E-state index contributed by atoms with van der Waals surface area (Å²) >= 11 is 6.00. The molecule has 4 heteroatoms. The Morgan fingerprint density at radius 1 is 1.31 bits per heavy atom. The maximum Gasteiger partial charge on any atom is 0.133 e. The van der Waals surface area contributed by atoms with Crippen molar-refractivity contribution < 1.29 is 4.74 Å². The van der Waals surface area contributed by atoms with E-state index in [2.05, 4.69) is 9.97 Å². The maximum atomic E-state index is 6.00. The number of aromatic nitrogens is 2. The molecule has 0 atom stereocenters. The zero-order valence-corrected chi connectivity index (χ0v) is 10.3. The molecule has 1 aromatic heterocycles. The van der Waals surface area contributed by atoms with Gasteiger partial charge in [0, 0.05) is 13.0 Å². The van der Waals surface area contributed by atoms with E-state index >= 15 is 0 Å². The zero-order chi connectivity index (χ0) is 11.4. The molecule has 1 heterocycles. The minimum absolute atomic E-state index is 0.489. The van der Waals surface area contributed by atoms with Crippen LogP contribution in [0.3, 0.4) is 0 Å². The van der Waals surface area contributed by atoms with Crippen LogP contribution in [-0.2, 0) is 11.3 Å². The van der Waals surface area contributed by atoms with Gasteiger partial charge in [0.1, 0.15) is 11.0 Å². The Bertz CT molecular complexity index is 351. The van der Waals surface area contributed by atoms with Crippen LogP contribution in [0.5, 0.6) is 0 Å². The smallest absolute Gasteiger partial charge is 0.133 e. The van der Waals surface area contributed by atoms with E-state index in [1.165, 1.54) is 32.1 Å². The van der Waals surface area contributed by atoms with Crippen LogP contribution < -0.4 is 0 Å². The van der Waals surface area contributed by atoms with Crippen LogP contribution in [-0.4, -0.2) is 17.1 Å². The van der Waals surface area contributed by atoms with Crippen molar-refractivity contribution in [2.45, 2.75) is 44.6 Å². The molecule has 0 spiro atoms. The molecule has 0 radical (unpaired) electrons. The van der Waals surface area contributed by atoms with Crippen LogP contribution in [0.4, 0.5) is 0 Å². The van der Waals surface area contributed by atoms with Gasteiger partial charge in [0.15, 0.2) is 0 Å². The molecule has 0 saturated heterocycles. The normalized spacial score (nSPS) is 17.6. The number of rotatable bonds is 3. The Morgan fingerprint density at radius 2 is 2.06 bits per heavy atom. The quantitative estimate of drug-likeness (QED) is 0.761. The van der Waals surface area contributed by atoms with E-state index in [0.717, 1.165) is 11.5 Å². The number of nitrogens with zero attached hydrogens (tertiary/aromatic N) is 2. The Balaban J connectivity index is 2.18. The van der Waals surface area contributed by atoms with Crippen molar-refractivity contribution in [3.8, 4) is 0 Å². The summed E-state index contributed by atoms with van der Waals surface area (Å²) in [5.41, 5.74) is 0.878. The Morgan fingerprint density at radius 3 is 2.75 bits per heavy atom. The fourth-order valence-electron chi connectivity index (χ4n) is 2.25. The van der Waals surface area contributed by atoms with Gasteiger partial charge in [-0.25, -0.2) is 9.97 Å². The number of halogens is 1. The van der Waals surface area contributed by atoms with E-state index in [1.807, 2.05) is 0 Å². The van der Waals surface area contributed by atoms with Gasteiger partial charge in [-0.15, -0.1) is 0 Å². The lowest BCUT2D eigenvalue weighted by Gasteiger charge is -2.20. The van der Waals surface area contributed by atoms with E-state index < -0.39 is 0 Å². The minimum Gasteiger partial charge on any atom is -0.378 e. The summed E-state index contributed by atoms with van der Waals surface area (Å²) in [4.78, 5) is 8.86. The van der Waals surface area contributed by atoms with Gasteiger partial charge >= 0.3 is 0 Å². The summed E-state index contributed by atoms with van der Waals surface area (Å²) in [5, 5.41) is 0.530. The fraction of sp³-hybridized carbons (Fsp3) is 0.667. The molecule has 1 aromatic rings. The van der Waals surface area contributed by atoms with Gasteiger partial charge in [-0.2, -0.15) is 0 Å². The van der Waals surface area contributed by atoms with Gasteiger partial charge in [0.05, 0.1) is 12.3 Å². The van der Waals surface area contributed by atoms with Crippen molar-refractivity contribution in [2.75, 3.05) is 7.11 Å². The molecule has 0 N–H and O–H groups in total. The van der Waals surface area contributed by atoms with E-state index in [9.17, 15) is 0 Å². The Hall–Kier alpha value is -0.670. The van der Waals surface area contributed by atoms with Crippen LogP contribution in [0, 0.1) is 0 Å². The largest absolute Gasteiger partial charge is 0.378 e. The van der Waals surface area contributed by atoms with Crippen LogP contribution >= 0.6 is 11.6 Å². The van der Waals surface area contributed by atoms with Crippen molar-refractivity contribution in [3.63, 3.8) is 0 Å². The Labute approximate surface area is 101 Å². The van der Waals surface area contributed by atoms with Crippen molar-refractivity contribution in [1.29, 1.82) is 0 Å². The van der Waals surface area contributed by atoms with Crippen LogP contribution in [0.1, 0.15) is 49.5 Å². The SMILES string of the molecule is COCc1cc(Cl)nc(C2CCCCC2)n1. The average Bonchev–Trinajstić information content (AvgIpc) is 2.30. The molecule has 88 valence electrons. The highest BCUT2D eigenvalue weighted by atomic mass is 35.5. The molecule has 1 saturated carbocycles. The van der Waals surface area contributed by atoms with Crippen molar-refractivity contribution in [3.05, 3.63) is 22.7 Å².